The molecule has 0 aromatic heterocycles. The zero-order valence-electron chi connectivity index (χ0n) is 19.0. The van der Waals surface area contributed by atoms with E-state index in [1.165, 1.54) is 19.1 Å². The van der Waals surface area contributed by atoms with Crippen LogP contribution in [0.5, 0.6) is 5.75 Å². The molecule has 5 amide bonds. The highest BCUT2D eigenvalue weighted by Crippen LogP contribution is 2.11. The number of phenols is 1. The van der Waals surface area contributed by atoms with Crippen molar-refractivity contribution in [3.63, 3.8) is 0 Å². The van der Waals surface area contributed by atoms with Gasteiger partial charge in [0.05, 0.1) is 12.5 Å². The second-order valence-electron chi connectivity index (χ2n) is 7.84. The zero-order valence-corrected chi connectivity index (χ0v) is 19.0. The zero-order chi connectivity index (χ0) is 26.7. The summed E-state index contributed by atoms with van der Waals surface area (Å²) < 4.78 is 0. The maximum Gasteiger partial charge on any atom is 0.326 e. The molecule has 1 aromatic carbocycles. The molecule has 35 heavy (non-hydrogen) atoms. The molecule has 0 aliphatic rings. The van der Waals surface area contributed by atoms with Crippen LogP contribution in [0.4, 0.5) is 0 Å². The molecule has 0 saturated heterocycles. The van der Waals surface area contributed by atoms with Gasteiger partial charge in [-0.3, -0.25) is 24.0 Å². The summed E-state index contributed by atoms with van der Waals surface area (Å²) in [6, 6.07) is 0.700. The lowest BCUT2D eigenvalue weighted by Gasteiger charge is -2.23. The molecular formula is C21H30N6O8. The minimum Gasteiger partial charge on any atom is -0.508 e. The lowest BCUT2D eigenvalue weighted by molar-refractivity contribution is -0.142. The smallest absolute Gasteiger partial charge is 0.326 e. The Bertz CT molecular complexity index is 952. The fraction of sp³-hybridized carbons (Fsp3) is 0.429. The molecule has 0 radical (unpaired) electrons. The van der Waals surface area contributed by atoms with Gasteiger partial charge in [-0.1, -0.05) is 12.1 Å². The molecule has 0 saturated carbocycles. The van der Waals surface area contributed by atoms with Gasteiger partial charge >= 0.3 is 5.97 Å². The first-order valence-electron chi connectivity index (χ1n) is 10.5. The number of hydrogen-bond donors (Lipinski definition) is 8. The first-order valence-corrected chi connectivity index (χ1v) is 10.5. The molecule has 0 aliphatic heterocycles. The van der Waals surface area contributed by atoms with Crippen molar-refractivity contribution in [3.05, 3.63) is 29.8 Å². The Balaban J connectivity index is 2.77. The van der Waals surface area contributed by atoms with Crippen molar-refractivity contribution in [2.24, 2.45) is 17.2 Å². The van der Waals surface area contributed by atoms with E-state index in [2.05, 4.69) is 16.0 Å². The van der Waals surface area contributed by atoms with Gasteiger partial charge in [-0.15, -0.1) is 0 Å². The van der Waals surface area contributed by atoms with Gasteiger partial charge in [-0.2, -0.15) is 0 Å². The Morgan fingerprint density at radius 3 is 1.94 bits per heavy atom. The third-order valence-electron chi connectivity index (χ3n) is 4.81. The Kier molecular flexibility index (Phi) is 11.1. The van der Waals surface area contributed by atoms with Crippen LogP contribution in [0.3, 0.4) is 0 Å². The van der Waals surface area contributed by atoms with Crippen LogP contribution in [-0.4, -0.2) is 69.9 Å². The molecule has 4 unspecified atom stereocenters. The van der Waals surface area contributed by atoms with E-state index in [0.717, 1.165) is 0 Å². The van der Waals surface area contributed by atoms with Crippen molar-refractivity contribution in [1.82, 2.24) is 16.0 Å². The van der Waals surface area contributed by atoms with Crippen molar-refractivity contribution in [1.29, 1.82) is 0 Å². The van der Waals surface area contributed by atoms with E-state index in [1.54, 1.807) is 12.1 Å². The van der Waals surface area contributed by atoms with E-state index in [0.29, 0.717) is 5.56 Å². The van der Waals surface area contributed by atoms with Gasteiger partial charge in [-0.25, -0.2) is 4.79 Å². The Hall–Kier alpha value is -4.20. The van der Waals surface area contributed by atoms with Gasteiger partial charge < -0.3 is 43.4 Å². The number of carboxylic acids is 1. The van der Waals surface area contributed by atoms with Gasteiger partial charge in [0, 0.05) is 6.42 Å². The third-order valence-corrected chi connectivity index (χ3v) is 4.81. The monoisotopic (exact) mass is 494 g/mol. The number of carboxylic acid groups (broad SMARTS) is 1. The van der Waals surface area contributed by atoms with E-state index >= 15 is 0 Å². The van der Waals surface area contributed by atoms with Crippen LogP contribution in [-0.2, 0) is 35.2 Å². The summed E-state index contributed by atoms with van der Waals surface area (Å²) in [7, 11) is 0. The van der Waals surface area contributed by atoms with E-state index in [9.17, 15) is 39.0 Å². The summed E-state index contributed by atoms with van der Waals surface area (Å²) in [4.78, 5) is 71.0. The van der Waals surface area contributed by atoms with E-state index in [4.69, 9.17) is 17.2 Å². The lowest BCUT2D eigenvalue weighted by Crippen LogP contribution is -2.57. The van der Waals surface area contributed by atoms with Gasteiger partial charge in [0.2, 0.25) is 29.5 Å². The average Bonchev–Trinajstić information content (AvgIpc) is 2.76. The van der Waals surface area contributed by atoms with Gasteiger partial charge in [-0.05, 0) is 37.5 Å². The molecule has 192 valence electrons. The molecule has 1 aromatic rings. The van der Waals surface area contributed by atoms with Gasteiger partial charge in [0.25, 0.3) is 0 Å². The van der Waals surface area contributed by atoms with Crippen LogP contribution in [0, 0.1) is 0 Å². The number of nitrogens with two attached hydrogens (primary N) is 3. The quantitative estimate of drug-likeness (QED) is 0.130. The molecule has 14 heteroatoms. The number of phenolic OH excluding ortho intramolecular Hbond substituents is 1. The van der Waals surface area contributed by atoms with Gasteiger partial charge in [0.1, 0.15) is 23.9 Å². The summed E-state index contributed by atoms with van der Waals surface area (Å²) >= 11 is 0. The number of carbonyl (C=O) groups is 6. The van der Waals surface area contributed by atoms with E-state index in [1.807, 2.05) is 0 Å². The van der Waals surface area contributed by atoms with Crippen molar-refractivity contribution >= 4 is 35.5 Å². The van der Waals surface area contributed by atoms with Crippen LogP contribution < -0.4 is 33.2 Å². The second kappa shape index (κ2) is 13.5. The predicted molar refractivity (Wildman–Crippen MR) is 121 cm³/mol. The first-order chi connectivity index (χ1) is 16.3. The summed E-state index contributed by atoms with van der Waals surface area (Å²) in [6.07, 6.45) is -1.06. The largest absolute Gasteiger partial charge is 0.508 e. The molecule has 1 rings (SSSR count). The fourth-order valence-corrected chi connectivity index (χ4v) is 2.89. The van der Waals surface area contributed by atoms with Crippen molar-refractivity contribution < 1.29 is 39.0 Å². The number of primary amides is 2. The van der Waals surface area contributed by atoms with Crippen LogP contribution in [0.1, 0.15) is 31.7 Å². The van der Waals surface area contributed by atoms with Crippen LogP contribution in [0.15, 0.2) is 24.3 Å². The number of amides is 5. The molecule has 0 aliphatic carbocycles. The minimum atomic E-state index is -1.45. The summed E-state index contributed by atoms with van der Waals surface area (Å²) in [6.45, 7) is 1.25. The highest BCUT2D eigenvalue weighted by Gasteiger charge is 2.29. The number of benzene rings is 1. The highest BCUT2D eigenvalue weighted by molar-refractivity contribution is 5.96. The molecule has 0 fully saturated rings. The molecule has 14 nitrogen and oxygen atoms in total. The van der Waals surface area contributed by atoms with Crippen LogP contribution >= 0.6 is 0 Å². The molecule has 11 N–H and O–H groups in total. The Morgan fingerprint density at radius 2 is 1.43 bits per heavy atom. The fourth-order valence-electron chi connectivity index (χ4n) is 2.89. The maximum absolute atomic E-state index is 12.6. The SMILES string of the molecule is CC(NC(=O)C(CC(N)=O)NC(=O)C(N)Cc1ccc(O)cc1)C(=O)NC(CCC(N)=O)C(=O)O. The number of nitrogens with one attached hydrogen (secondary N) is 3. The van der Waals surface area contributed by atoms with Gasteiger partial charge in [0.15, 0.2) is 0 Å². The molecule has 0 bridgehead atoms. The summed E-state index contributed by atoms with van der Waals surface area (Å²) in [5, 5.41) is 25.3. The summed E-state index contributed by atoms with van der Waals surface area (Å²) in [5.74, 6) is -5.61. The number of aliphatic carboxylic acids is 1. The standard InChI is InChI=1S/C21H30N6O8/c1-10(18(31)26-14(21(34)35)6-7-16(23)29)25-20(33)15(9-17(24)30)27-19(32)13(22)8-11-2-4-12(28)5-3-11/h2-5,10,13-15,28H,6-9,22H2,1H3,(H2,23,29)(H2,24,30)(H,25,33)(H,26,31)(H,27,32)(H,34,35). The Labute approximate surface area is 200 Å². The second-order valence-corrected chi connectivity index (χ2v) is 7.84. The number of rotatable bonds is 14. The lowest BCUT2D eigenvalue weighted by atomic mass is 10.0. The van der Waals surface area contributed by atoms with E-state index in [-0.39, 0.29) is 25.0 Å². The first kappa shape index (κ1) is 28.8. The van der Waals surface area contributed by atoms with E-state index < -0.39 is 66.1 Å². The molecule has 0 spiro atoms. The normalized spacial score (nSPS) is 14.0. The highest BCUT2D eigenvalue weighted by atomic mass is 16.4. The molecule has 0 heterocycles. The van der Waals surface area contributed by atoms with Crippen molar-refractivity contribution in [2.45, 2.75) is 56.8 Å². The van der Waals surface area contributed by atoms with Crippen molar-refractivity contribution in [2.75, 3.05) is 0 Å². The van der Waals surface area contributed by atoms with Crippen LogP contribution in [0.25, 0.3) is 0 Å². The molecular weight excluding hydrogens is 464 g/mol. The van der Waals surface area contributed by atoms with Crippen molar-refractivity contribution in [3.8, 4) is 5.75 Å². The number of hydrogen-bond acceptors (Lipinski definition) is 8. The average molecular weight is 495 g/mol. The topological polar surface area (TPSA) is 257 Å². The Morgan fingerprint density at radius 1 is 0.857 bits per heavy atom. The molecule has 4 atom stereocenters. The van der Waals surface area contributed by atoms with Crippen LogP contribution in [0.2, 0.25) is 0 Å². The summed E-state index contributed by atoms with van der Waals surface area (Å²) in [5.41, 5.74) is 16.7. The number of aromatic hydroxyl groups is 1. The third kappa shape index (κ3) is 10.5. The predicted octanol–water partition coefficient (Wildman–Crippen LogP) is -3.04. The number of carbonyl (C=O) groups excluding carboxylic acids is 5. The maximum atomic E-state index is 12.6. The minimum absolute atomic E-state index is 0.0330.